The lowest BCUT2D eigenvalue weighted by molar-refractivity contribution is -0.142. The van der Waals surface area contributed by atoms with E-state index in [0.29, 0.717) is 6.61 Å². The number of carbonyl (C=O) groups is 2. The van der Waals surface area contributed by atoms with Crippen LogP contribution in [0.15, 0.2) is 12.7 Å². The molecule has 0 aromatic rings. The fourth-order valence-electron chi connectivity index (χ4n) is 1.12. The summed E-state index contributed by atoms with van der Waals surface area (Å²) in [5.74, 6) is -1.06. The molecule has 16 heavy (non-hydrogen) atoms. The summed E-state index contributed by atoms with van der Waals surface area (Å²) in [5, 5.41) is 8.90. The van der Waals surface area contributed by atoms with Gasteiger partial charge < -0.3 is 9.84 Å². The number of hydrogen-bond donors (Lipinski definition) is 1. The maximum Gasteiger partial charge on any atom is 0.410 e. The standard InChI is InChI=1S/C11H19NO4/c1-4-6-8-16-11(15)12(3)9(7-5-2)10(13)14/h5,9H,2,4,6-8H2,1,3H3,(H,13,14). The highest BCUT2D eigenvalue weighted by Crippen LogP contribution is 2.05. The van der Waals surface area contributed by atoms with E-state index in [1.807, 2.05) is 6.92 Å². The summed E-state index contributed by atoms with van der Waals surface area (Å²) in [6.07, 6.45) is 2.76. The Morgan fingerprint density at radius 2 is 2.19 bits per heavy atom. The van der Waals surface area contributed by atoms with E-state index in [4.69, 9.17) is 9.84 Å². The van der Waals surface area contributed by atoms with Crippen LogP contribution in [-0.4, -0.2) is 41.8 Å². The minimum atomic E-state index is -1.06. The Labute approximate surface area is 95.7 Å². The zero-order chi connectivity index (χ0) is 12.6. The molecule has 0 aliphatic rings. The average Bonchev–Trinajstić information content (AvgIpc) is 2.24. The summed E-state index contributed by atoms with van der Waals surface area (Å²) in [6.45, 7) is 5.76. The predicted octanol–water partition coefficient (Wildman–Crippen LogP) is 1.88. The number of ether oxygens (including phenoxy) is 1. The van der Waals surface area contributed by atoms with E-state index < -0.39 is 18.1 Å². The van der Waals surface area contributed by atoms with Crippen LogP contribution < -0.4 is 0 Å². The average molecular weight is 229 g/mol. The van der Waals surface area contributed by atoms with Crippen molar-refractivity contribution in [3.05, 3.63) is 12.7 Å². The van der Waals surface area contributed by atoms with Crippen molar-refractivity contribution in [2.75, 3.05) is 13.7 Å². The molecule has 0 heterocycles. The van der Waals surface area contributed by atoms with Gasteiger partial charge in [-0.1, -0.05) is 19.4 Å². The minimum absolute atomic E-state index is 0.203. The fraction of sp³-hybridized carbons (Fsp3) is 0.636. The molecule has 0 saturated heterocycles. The van der Waals surface area contributed by atoms with Gasteiger partial charge in [0.2, 0.25) is 0 Å². The molecule has 0 aromatic carbocycles. The highest BCUT2D eigenvalue weighted by molar-refractivity contribution is 5.80. The van der Waals surface area contributed by atoms with Crippen LogP contribution in [0.3, 0.4) is 0 Å². The summed E-state index contributed by atoms with van der Waals surface area (Å²) in [4.78, 5) is 23.4. The van der Waals surface area contributed by atoms with Crippen LogP contribution in [0.1, 0.15) is 26.2 Å². The molecule has 5 heteroatoms. The normalized spacial score (nSPS) is 11.6. The van der Waals surface area contributed by atoms with E-state index in [1.54, 1.807) is 0 Å². The molecule has 0 rings (SSSR count). The minimum Gasteiger partial charge on any atom is -0.480 e. The largest absolute Gasteiger partial charge is 0.480 e. The Bertz CT molecular complexity index is 252. The second kappa shape index (κ2) is 7.73. The van der Waals surface area contributed by atoms with Gasteiger partial charge in [0.1, 0.15) is 6.04 Å². The SMILES string of the molecule is C=CCC(C(=O)O)N(C)C(=O)OCCCC. The third-order valence-electron chi connectivity index (χ3n) is 2.15. The molecule has 1 amide bonds. The number of aliphatic carboxylic acids is 1. The molecule has 1 N–H and O–H groups in total. The molecule has 0 radical (unpaired) electrons. The Morgan fingerprint density at radius 1 is 1.56 bits per heavy atom. The van der Waals surface area contributed by atoms with E-state index in [1.165, 1.54) is 13.1 Å². The van der Waals surface area contributed by atoms with Gasteiger partial charge >= 0.3 is 12.1 Å². The summed E-state index contributed by atoms with van der Waals surface area (Å²) in [5.41, 5.74) is 0. The molecule has 1 atom stereocenters. The monoisotopic (exact) mass is 229 g/mol. The van der Waals surface area contributed by atoms with Crippen molar-refractivity contribution in [2.45, 2.75) is 32.2 Å². The van der Waals surface area contributed by atoms with Gasteiger partial charge in [0.15, 0.2) is 0 Å². The van der Waals surface area contributed by atoms with Gasteiger partial charge in [-0.05, 0) is 12.8 Å². The smallest absolute Gasteiger partial charge is 0.410 e. The highest BCUT2D eigenvalue weighted by Gasteiger charge is 2.26. The summed E-state index contributed by atoms with van der Waals surface area (Å²) in [7, 11) is 1.41. The first kappa shape index (κ1) is 14.5. The number of rotatable bonds is 7. The van der Waals surface area contributed by atoms with Crippen molar-refractivity contribution < 1.29 is 19.4 Å². The van der Waals surface area contributed by atoms with Gasteiger partial charge in [-0.25, -0.2) is 9.59 Å². The van der Waals surface area contributed by atoms with Crippen molar-refractivity contribution in [3.63, 3.8) is 0 Å². The summed E-state index contributed by atoms with van der Waals surface area (Å²) in [6, 6.07) is -0.911. The molecule has 1 unspecified atom stereocenters. The Kier molecular flexibility index (Phi) is 7.00. The zero-order valence-electron chi connectivity index (χ0n) is 9.81. The lowest BCUT2D eigenvalue weighted by Gasteiger charge is -2.23. The molecule has 0 bridgehead atoms. The molecule has 0 saturated carbocycles. The number of carbonyl (C=O) groups excluding carboxylic acids is 1. The molecule has 0 fully saturated rings. The van der Waals surface area contributed by atoms with Gasteiger partial charge in [0, 0.05) is 7.05 Å². The molecule has 0 aliphatic carbocycles. The van der Waals surface area contributed by atoms with Crippen LogP contribution in [0.25, 0.3) is 0 Å². The third-order valence-corrected chi connectivity index (χ3v) is 2.15. The number of likely N-dealkylation sites (N-methyl/N-ethyl adjacent to an activating group) is 1. The number of nitrogens with zero attached hydrogens (tertiary/aromatic N) is 1. The number of carboxylic acid groups (broad SMARTS) is 1. The second-order valence-electron chi connectivity index (χ2n) is 3.46. The number of hydrogen-bond acceptors (Lipinski definition) is 3. The maximum absolute atomic E-state index is 11.4. The highest BCUT2D eigenvalue weighted by atomic mass is 16.6. The van der Waals surface area contributed by atoms with Crippen LogP contribution in [0.4, 0.5) is 4.79 Å². The Hall–Kier alpha value is -1.52. The van der Waals surface area contributed by atoms with E-state index in [0.717, 1.165) is 17.7 Å². The van der Waals surface area contributed by atoms with Gasteiger partial charge in [0.25, 0.3) is 0 Å². The van der Waals surface area contributed by atoms with Crippen molar-refractivity contribution in [3.8, 4) is 0 Å². The topological polar surface area (TPSA) is 66.8 Å². The van der Waals surface area contributed by atoms with Gasteiger partial charge in [-0.3, -0.25) is 4.90 Å². The number of carboxylic acids is 1. The molecule has 5 nitrogen and oxygen atoms in total. The molecule has 0 spiro atoms. The second-order valence-corrected chi connectivity index (χ2v) is 3.46. The molecule has 0 aliphatic heterocycles. The molecular weight excluding hydrogens is 210 g/mol. The van der Waals surface area contributed by atoms with Gasteiger partial charge in [0.05, 0.1) is 6.61 Å². The van der Waals surface area contributed by atoms with Crippen LogP contribution in [0, 0.1) is 0 Å². The van der Waals surface area contributed by atoms with Crippen molar-refractivity contribution >= 4 is 12.1 Å². The first-order chi connectivity index (χ1) is 7.54. The first-order valence-corrected chi connectivity index (χ1v) is 5.27. The van der Waals surface area contributed by atoms with Crippen molar-refractivity contribution in [1.82, 2.24) is 4.90 Å². The molecule has 0 aromatic heterocycles. The predicted molar refractivity (Wildman–Crippen MR) is 60.3 cm³/mol. The van der Waals surface area contributed by atoms with E-state index in [9.17, 15) is 9.59 Å². The zero-order valence-corrected chi connectivity index (χ0v) is 9.81. The number of amides is 1. The molecular formula is C11H19NO4. The Morgan fingerprint density at radius 3 is 2.62 bits per heavy atom. The van der Waals surface area contributed by atoms with E-state index in [-0.39, 0.29) is 6.42 Å². The lowest BCUT2D eigenvalue weighted by Crippen LogP contribution is -2.42. The summed E-state index contributed by atoms with van der Waals surface area (Å²) < 4.78 is 4.91. The van der Waals surface area contributed by atoms with Crippen molar-refractivity contribution in [1.29, 1.82) is 0 Å². The fourth-order valence-corrected chi connectivity index (χ4v) is 1.12. The van der Waals surface area contributed by atoms with Crippen LogP contribution in [0.2, 0.25) is 0 Å². The Balaban J connectivity index is 4.25. The third kappa shape index (κ3) is 4.82. The van der Waals surface area contributed by atoms with Gasteiger partial charge in [-0.2, -0.15) is 0 Å². The molecule has 92 valence electrons. The maximum atomic E-state index is 11.4. The van der Waals surface area contributed by atoms with Crippen molar-refractivity contribution in [2.24, 2.45) is 0 Å². The lowest BCUT2D eigenvalue weighted by atomic mass is 10.2. The van der Waals surface area contributed by atoms with E-state index in [2.05, 4.69) is 6.58 Å². The first-order valence-electron chi connectivity index (χ1n) is 5.27. The number of unbranched alkanes of at least 4 members (excludes halogenated alkanes) is 1. The summed E-state index contributed by atoms with van der Waals surface area (Å²) >= 11 is 0. The van der Waals surface area contributed by atoms with Gasteiger partial charge in [-0.15, -0.1) is 6.58 Å². The van der Waals surface area contributed by atoms with E-state index >= 15 is 0 Å². The van der Waals surface area contributed by atoms with Crippen LogP contribution >= 0.6 is 0 Å². The van der Waals surface area contributed by atoms with Crippen LogP contribution in [0.5, 0.6) is 0 Å². The quantitative estimate of drug-likeness (QED) is 0.534. The van der Waals surface area contributed by atoms with Crippen LogP contribution in [-0.2, 0) is 9.53 Å².